The van der Waals surface area contributed by atoms with E-state index in [1.807, 2.05) is 36.4 Å². The molecule has 0 radical (unpaired) electrons. The molecule has 1 aromatic heterocycles. The number of nitrogens with one attached hydrogen (secondary N) is 3. The number of para-hydroxylation sites is 1. The van der Waals surface area contributed by atoms with E-state index in [1.54, 1.807) is 12.1 Å². The van der Waals surface area contributed by atoms with E-state index >= 15 is 0 Å². The minimum atomic E-state index is -0.365. The molecule has 1 heterocycles. The molecule has 0 saturated heterocycles. The maximum Gasteiger partial charge on any atom is 0.324 e. The second-order valence-electron chi connectivity index (χ2n) is 5.67. The zero-order valence-corrected chi connectivity index (χ0v) is 14.1. The van der Waals surface area contributed by atoms with E-state index in [0.717, 1.165) is 5.69 Å². The Kier molecular flexibility index (Phi) is 4.89. The number of aryl methyl sites for hydroxylation is 2. The minimum absolute atomic E-state index is 0.365. The molecule has 0 aliphatic rings. The van der Waals surface area contributed by atoms with E-state index in [1.165, 1.54) is 11.1 Å². The molecule has 6 heteroatoms. The van der Waals surface area contributed by atoms with Crippen LogP contribution >= 0.6 is 0 Å². The van der Waals surface area contributed by atoms with Crippen LogP contribution in [0.4, 0.5) is 27.8 Å². The number of carbonyl (C=O) groups is 1. The van der Waals surface area contributed by atoms with Gasteiger partial charge in [-0.15, -0.1) is 10.2 Å². The number of carbonyl (C=O) groups excluding carboxylic acids is 1. The topological polar surface area (TPSA) is 78.9 Å². The standard InChI is InChI=1S/C19H19N5O/c1-13-8-9-16(12-14(13)2)20-17-10-11-18(24-23-17)22-19(25)21-15-6-4-3-5-7-15/h3-12H,1-2H3,(H,20,23)(H2,21,22,24,25). The molecule has 0 aliphatic carbocycles. The highest BCUT2D eigenvalue weighted by atomic mass is 16.2. The van der Waals surface area contributed by atoms with E-state index in [-0.39, 0.29) is 6.03 Å². The van der Waals surface area contributed by atoms with Gasteiger partial charge >= 0.3 is 6.03 Å². The Labute approximate surface area is 146 Å². The summed E-state index contributed by atoms with van der Waals surface area (Å²) in [5, 5.41) is 16.7. The van der Waals surface area contributed by atoms with Crippen molar-refractivity contribution in [3.05, 3.63) is 71.8 Å². The van der Waals surface area contributed by atoms with Crippen molar-refractivity contribution in [2.75, 3.05) is 16.0 Å². The first-order valence-corrected chi connectivity index (χ1v) is 7.91. The zero-order valence-electron chi connectivity index (χ0n) is 14.1. The van der Waals surface area contributed by atoms with Gasteiger partial charge in [-0.3, -0.25) is 5.32 Å². The predicted octanol–water partition coefficient (Wildman–Crippen LogP) is 4.48. The summed E-state index contributed by atoms with van der Waals surface area (Å²) in [5.41, 5.74) is 4.09. The molecule has 0 spiro atoms. The van der Waals surface area contributed by atoms with E-state index in [2.05, 4.69) is 52.1 Å². The minimum Gasteiger partial charge on any atom is -0.339 e. The number of nitrogens with zero attached hydrogens (tertiary/aromatic N) is 2. The Bertz CT molecular complexity index is 863. The van der Waals surface area contributed by atoms with Crippen LogP contribution in [0.2, 0.25) is 0 Å². The van der Waals surface area contributed by atoms with Gasteiger partial charge in [0.2, 0.25) is 0 Å². The molecular formula is C19H19N5O. The molecule has 126 valence electrons. The van der Waals surface area contributed by atoms with Gasteiger partial charge in [-0.2, -0.15) is 0 Å². The fourth-order valence-corrected chi connectivity index (χ4v) is 2.23. The van der Waals surface area contributed by atoms with Crippen LogP contribution < -0.4 is 16.0 Å². The Morgan fingerprint density at radius 2 is 1.48 bits per heavy atom. The number of hydrogen-bond donors (Lipinski definition) is 3. The summed E-state index contributed by atoms with van der Waals surface area (Å²) in [4.78, 5) is 11.9. The van der Waals surface area contributed by atoms with Gasteiger partial charge in [0, 0.05) is 11.4 Å². The van der Waals surface area contributed by atoms with Crippen molar-refractivity contribution in [2.24, 2.45) is 0 Å². The number of urea groups is 1. The van der Waals surface area contributed by atoms with E-state index < -0.39 is 0 Å². The van der Waals surface area contributed by atoms with Gasteiger partial charge in [0.25, 0.3) is 0 Å². The summed E-state index contributed by atoms with van der Waals surface area (Å²) >= 11 is 0. The average molecular weight is 333 g/mol. The highest BCUT2D eigenvalue weighted by molar-refractivity contribution is 5.99. The fourth-order valence-electron chi connectivity index (χ4n) is 2.23. The van der Waals surface area contributed by atoms with E-state index in [4.69, 9.17) is 0 Å². The number of aromatic nitrogens is 2. The van der Waals surface area contributed by atoms with E-state index in [0.29, 0.717) is 17.3 Å². The van der Waals surface area contributed by atoms with Crippen LogP contribution in [0.5, 0.6) is 0 Å². The molecule has 0 bridgehead atoms. The largest absolute Gasteiger partial charge is 0.339 e. The molecule has 0 aliphatic heterocycles. The van der Waals surface area contributed by atoms with Crippen LogP contribution in [0.15, 0.2) is 60.7 Å². The molecule has 0 saturated carbocycles. The lowest BCUT2D eigenvalue weighted by Crippen LogP contribution is -2.20. The van der Waals surface area contributed by atoms with Gasteiger partial charge in [0.15, 0.2) is 11.6 Å². The van der Waals surface area contributed by atoms with Gasteiger partial charge < -0.3 is 10.6 Å². The SMILES string of the molecule is Cc1ccc(Nc2ccc(NC(=O)Nc3ccccc3)nn2)cc1C. The molecule has 25 heavy (non-hydrogen) atoms. The normalized spacial score (nSPS) is 10.2. The average Bonchev–Trinajstić information content (AvgIpc) is 2.61. The van der Waals surface area contributed by atoms with Gasteiger partial charge in [-0.1, -0.05) is 24.3 Å². The Hall–Kier alpha value is -3.41. The van der Waals surface area contributed by atoms with Crippen molar-refractivity contribution < 1.29 is 4.79 Å². The molecule has 0 fully saturated rings. The fraction of sp³-hybridized carbons (Fsp3) is 0.105. The van der Waals surface area contributed by atoms with Crippen molar-refractivity contribution in [3.63, 3.8) is 0 Å². The summed E-state index contributed by atoms with van der Waals surface area (Å²) in [6.45, 7) is 4.13. The highest BCUT2D eigenvalue weighted by Crippen LogP contribution is 2.18. The Balaban J connectivity index is 1.60. The third-order valence-electron chi connectivity index (χ3n) is 3.72. The third kappa shape index (κ3) is 4.54. The Morgan fingerprint density at radius 1 is 0.760 bits per heavy atom. The predicted molar refractivity (Wildman–Crippen MR) is 100 cm³/mol. The van der Waals surface area contributed by atoms with Crippen LogP contribution in [0, 0.1) is 13.8 Å². The van der Waals surface area contributed by atoms with Crippen LogP contribution in [0.25, 0.3) is 0 Å². The first-order valence-electron chi connectivity index (χ1n) is 7.91. The molecule has 2 aromatic carbocycles. The smallest absolute Gasteiger partial charge is 0.324 e. The summed E-state index contributed by atoms with van der Waals surface area (Å²) in [6, 6.07) is 18.4. The van der Waals surface area contributed by atoms with Crippen molar-refractivity contribution in [1.82, 2.24) is 10.2 Å². The van der Waals surface area contributed by atoms with Gasteiger partial charge in [0.1, 0.15) is 0 Å². The molecule has 6 nitrogen and oxygen atoms in total. The summed E-state index contributed by atoms with van der Waals surface area (Å²) in [7, 11) is 0. The first kappa shape index (κ1) is 16.4. The van der Waals surface area contributed by atoms with Gasteiger partial charge in [-0.05, 0) is 61.4 Å². The summed E-state index contributed by atoms with van der Waals surface area (Å²) < 4.78 is 0. The first-order chi connectivity index (χ1) is 12.1. The molecule has 2 amide bonds. The maximum atomic E-state index is 11.9. The molecule has 0 atom stereocenters. The number of rotatable bonds is 4. The Morgan fingerprint density at radius 3 is 2.16 bits per heavy atom. The second-order valence-corrected chi connectivity index (χ2v) is 5.67. The van der Waals surface area contributed by atoms with Gasteiger partial charge in [0.05, 0.1) is 0 Å². The molecular weight excluding hydrogens is 314 g/mol. The number of hydrogen-bond acceptors (Lipinski definition) is 4. The molecule has 3 rings (SSSR count). The number of benzene rings is 2. The third-order valence-corrected chi connectivity index (χ3v) is 3.72. The van der Waals surface area contributed by atoms with Crippen LogP contribution in [-0.2, 0) is 0 Å². The van der Waals surface area contributed by atoms with Crippen LogP contribution in [0.1, 0.15) is 11.1 Å². The van der Waals surface area contributed by atoms with Crippen molar-refractivity contribution >= 4 is 29.0 Å². The van der Waals surface area contributed by atoms with Crippen molar-refractivity contribution in [2.45, 2.75) is 13.8 Å². The lowest BCUT2D eigenvalue weighted by atomic mass is 10.1. The van der Waals surface area contributed by atoms with Crippen molar-refractivity contribution in [3.8, 4) is 0 Å². The van der Waals surface area contributed by atoms with Crippen molar-refractivity contribution in [1.29, 1.82) is 0 Å². The number of amides is 2. The molecule has 3 aromatic rings. The molecule has 3 N–H and O–H groups in total. The lowest BCUT2D eigenvalue weighted by molar-refractivity contribution is 0.262. The van der Waals surface area contributed by atoms with Crippen LogP contribution in [0.3, 0.4) is 0 Å². The number of anilines is 4. The summed E-state index contributed by atoms with van der Waals surface area (Å²) in [6.07, 6.45) is 0. The zero-order chi connectivity index (χ0) is 17.6. The van der Waals surface area contributed by atoms with E-state index in [9.17, 15) is 4.79 Å². The van der Waals surface area contributed by atoms with Gasteiger partial charge in [-0.25, -0.2) is 4.79 Å². The molecule has 0 unspecified atom stereocenters. The quantitative estimate of drug-likeness (QED) is 0.657. The maximum absolute atomic E-state index is 11.9. The second kappa shape index (κ2) is 7.44. The summed E-state index contributed by atoms with van der Waals surface area (Å²) in [5.74, 6) is 0.983. The lowest BCUT2D eigenvalue weighted by Gasteiger charge is -2.09. The highest BCUT2D eigenvalue weighted by Gasteiger charge is 2.05. The monoisotopic (exact) mass is 333 g/mol. The van der Waals surface area contributed by atoms with Crippen LogP contribution in [-0.4, -0.2) is 16.2 Å².